The number of aliphatic hydroxyl groups excluding tert-OH is 1. The fraction of sp³-hybridized carbons (Fsp3) is 0.250. The van der Waals surface area contributed by atoms with Gasteiger partial charge in [-0.3, -0.25) is 9.78 Å². The van der Waals surface area contributed by atoms with Gasteiger partial charge in [0.25, 0.3) is 0 Å². The zero-order chi connectivity index (χ0) is 8.27. The molecule has 1 aromatic rings. The molecule has 1 heterocycles. The van der Waals surface area contributed by atoms with E-state index in [1.165, 1.54) is 6.20 Å². The van der Waals surface area contributed by atoms with Crippen LogP contribution in [0.15, 0.2) is 12.3 Å². The van der Waals surface area contributed by atoms with E-state index in [2.05, 4.69) is 4.98 Å². The van der Waals surface area contributed by atoms with Gasteiger partial charge in [-0.2, -0.15) is 0 Å². The molecule has 0 unspecified atom stereocenters. The maximum absolute atomic E-state index is 10.3. The molecular formula is C8H9NO2. The number of pyridine rings is 1. The van der Waals surface area contributed by atoms with Gasteiger partial charge in [-0.25, -0.2) is 0 Å². The molecule has 1 rings (SSSR count). The van der Waals surface area contributed by atoms with E-state index in [9.17, 15) is 4.79 Å². The fourth-order valence-corrected chi connectivity index (χ4v) is 0.822. The van der Waals surface area contributed by atoms with Gasteiger partial charge in [0.2, 0.25) is 0 Å². The Hall–Kier alpha value is -1.22. The number of carbonyl (C=O) groups excluding carboxylic acids is 1. The molecule has 1 N–H and O–H groups in total. The van der Waals surface area contributed by atoms with Crippen LogP contribution in [-0.4, -0.2) is 16.4 Å². The zero-order valence-electron chi connectivity index (χ0n) is 6.24. The number of rotatable bonds is 2. The van der Waals surface area contributed by atoms with E-state index in [4.69, 9.17) is 5.11 Å². The maximum Gasteiger partial charge on any atom is 0.151 e. The molecule has 0 aliphatic heterocycles. The molecule has 1 aromatic heterocycles. The molecule has 0 saturated heterocycles. The molecule has 0 radical (unpaired) electrons. The summed E-state index contributed by atoms with van der Waals surface area (Å²) in [5.74, 6) is 0. The minimum Gasteiger partial charge on any atom is -0.392 e. The molecule has 0 bridgehead atoms. The lowest BCUT2D eigenvalue weighted by atomic mass is 10.2. The predicted octanol–water partition coefficient (Wildman–Crippen LogP) is 0.695. The van der Waals surface area contributed by atoms with Crippen molar-refractivity contribution in [2.45, 2.75) is 13.5 Å². The molecule has 0 fully saturated rings. The monoisotopic (exact) mass is 151 g/mol. The number of hydrogen-bond donors (Lipinski definition) is 1. The molecular weight excluding hydrogens is 142 g/mol. The molecule has 0 amide bonds. The van der Waals surface area contributed by atoms with Gasteiger partial charge in [-0.15, -0.1) is 0 Å². The molecule has 11 heavy (non-hydrogen) atoms. The number of nitrogens with zero attached hydrogens (tertiary/aromatic N) is 1. The van der Waals surface area contributed by atoms with Crippen molar-refractivity contribution in [1.82, 2.24) is 4.98 Å². The lowest BCUT2D eigenvalue weighted by Crippen LogP contribution is -1.94. The van der Waals surface area contributed by atoms with Crippen LogP contribution in [-0.2, 0) is 6.61 Å². The van der Waals surface area contributed by atoms with E-state index in [-0.39, 0.29) is 6.61 Å². The average molecular weight is 151 g/mol. The second kappa shape index (κ2) is 3.25. The van der Waals surface area contributed by atoms with Crippen molar-refractivity contribution in [3.63, 3.8) is 0 Å². The summed E-state index contributed by atoms with van der Waals surface area (Å²) >= 11 is 0. The van der Waals surface area contributed by atoms with Gasteiger partial charge in [-0.05, 0) is 18.6 Å². The van der Waals surface area contributed by atoms with Gasteiger partial charge >= 0.3 is 0 Å². The summed E-state index contributed by atoms with van der Waals surface area (Å²) in [4.78, 5) is 14.2. The summed E-state index contributed by atoms with van der Waals surface area (Å²) in [6, 6.07) is 1.63. The average Bonchev–Trinajstić information content (AvgIpc) is 2.05. The van der Waals surface area contributed by atoms with Gasteiger partial charge in [0, 0.05) is 17.5 Å². The summed E-state index contributed by atoms with van der Waals surface area (Å²) in [6.07, 6.45) is 2.20. The van der Waals surface area contributed by atoms with Crippen LogP contribution in [0.4, 0.5) is 0 Å². The maximum atomic E-state index is 10.3. The molecule has 0 atom stereocenters. The van der Waals surface area contributed by atoms with E-state index in [0.717, 1.165) is 5.69 Å². The predicted molar refractivity (Wildman–Crippen MR) is 40.3 cm³/mol. The second-order valence-electron chi connectivity index (χ2n) is 2.29. The van der Waals surface area contributed by atoms with E-state index < -0.39 is 0 Å². The Kier molecular flexibility index (Phi) is 2.33. The van der Waals surface area contributed by atoms with Crippen molar-refractivity contribution >= 4 is 6.29 Å². The van der Waals surface area contributed by atoms with Crippen LogP contribution >= 0.6 is 0 Å². The number of hydrogen-bond acceptors (Lipinski definition) is 3. The molecule has 0 aromatic carbocycles. The fourth-order valence-electron chi connectivity index (χ4n) is 0.822. The van der Waals surface area contributed by atoms with E-state index in [1.807, 2.05) is 0 Å². The first kappa shape index (κ1) is 7.88. The van der Waals surface area contributed by atoms with Crippen LogP contribution < -0.4 is 0 Å². The van der Waals surface area contributed by atoms with Crippen LogP contribution in [0.2, 0.25) is 0 Å². The molecule has 58 valence electrons. The van der Waals surface area contributed by atoms with E-state index in [0.29, 0.717) is 17.4 Å². The third kappa shape index (κ3) is 1.62. The summed E-state index contributed by atoms with van der Waals surface area (Å²) in [5, 5.41) is 8.78. The van der Waals surface area contributed by atoms with Gasteiger partial charge in [-0.1, -0.05) is 0 Å². The molecule has 0 spiro atoms. The minimum atomic E-state index is -0.0689. The summed E-state index contributed by atoms with van der Waals surface area (Å²) in [7, 11) is 0. The Morgan fingerprint density at radius 1 is 1.73 bits per heavy atom. The van der Waals surface area contributed by atoms with Crippen LogP contribution in [0, 0.1) is 6.92 Å². The van der Waals surface area contributed by atoms with Crippen LogP contribution in [0.1, 0.15) is 21.6 Å². The zero-order valence-corrected chi connectivity index (χ0v) is 6.24. The van der Waals surface area contributed by atoms with Crippen molar-refractivity contribution in [3.05, 3.63) is 29.1 Å². The second-order valence-corrected chi connectivity index (χ2v) is 2.29. The van der Waals surface area contributed by atoms with Crippen LogP contribution in [0.25, 0.3) is 0 Å². The Labute approximate surface area is 64.7 Å². The summed E-state index contributed by atoms with van der Waals surface area (Å²) in [6.45, 7) is 1.72. The van der Waals surface area contributed by atoms with Crippen LogP contribution in [0.5, 0.6) is 0 Å². The first-order chi connectivity index (χ1) is 5.27. The first-order valence-electron chi connectivity index (χ1n) is 3.29. The highest BCUT2D eigenvalue weighted by Crippen LogP contribution is 2.05. The highest BCUT2D eigenvalue weighted by atomic mass is 16.3. The lowest BCUT2D eigenvalue weighted by Gasteiger charge is -2.00. The van der Waals surface area contributed by atoms with Gasteiger partial charge in [0.15, 0.2) is 6.29 Å². The van der Waals surface area contributed by atoms with E-state index >= 15 is 0 Å². The summed E-state index contributed by atoms with van der Waals surface area (Å²) < 4.78 is 0. The molecule has 0 aliphatic carbocycles. The molecule has 3 nitrogen and oxygen atoms in total. The van der Waals surface area contributed by atoms with Crippen molar-refractivity contribution < 1.29 is 9.90 Å². The number of aliphatic hydroxyl groups is 1. The Balaban J connectivity index is 3.12. The minimum absolute atomic E-state index is 0.0689. The molecule has 0 aliphatic rings. The molecule has 3 heteroatoms. The summed E-state index contributed by atoms with van der Waals surface area (Å²) in [5.41, 5.74) is 1.97. The quantitative estimate of drug-likeness (QED) is 0.633. The SMILES string of the molecule is Cc1ncc(C=O)cc1CO. The van der Waals surface area contributed by atoms with Crippen molar-refractivity contribution in [1.29, 1.82) is 0 Å². The number of aromatic nitrogens is 1. The highest BCUT2D eigenvalue weighted by Gasteiger charge is 1.98. The largest absolute Gasteiger partial charge is 0.392 e. The molecule has 0 saturated carbocycles. The van der Waals surface area contributed by atoms with Gasteiger partial charge < -0.3 is 5.11 Å². The van der Waals surface area contributed by atoms with E-state index in [1.54, 1.807) is 13.0 Å². The third-order valence-corrected chi connectivity index (χ3v) is 1.52. The van der Waals surface area contributed by atoms with Crippen molar-refractivity contribution in [3.8, 4) is 0 Å². The number of aldehydes is 1. The standard InChI is InChI=1S/C8H9NO2/c1-6-8(5-11)2-7(4-10)3-9-6/h2-4,11H,5H2,1H3. The Bertz CT molecular complexity index is 271. The third-order valence-electron chi connectivity index (χ3n) is 1.52. The topological polar surface area (TPSA) is 50.2 Å². The van der Waals surface area contributed by atoms with Gasteiger partial charge in [0.05, 0.1) is 6.61 Å². The van der Waals surface area contributed by atoms with Crippen LogP contribution in [0.3, 0.4) is 0 Å². The van der Waals surface area contributed by atoms with Gasteiger partial charge in [0.1, 0.15) is 0 Å². The van der Waals surface area contributed by atoms with Crippen molar-refractivity contribution in [2.24, 2.45) is 0 Å². The van der Waals surface area contributed by atoms with Crippen molar-refractivity contribution in [2.75, 3.05) is 0 Å². The highest BCUT2D eigenvalue weighted by molar-refractivity contribution is 5.74. The normalized spacial score (nSPS) is 9.64. The Morgan fingerprint density at radius 2 is 2.45 bits per heavy atom. The lowest BCUT2D eigenvalue weighted by molar-refractivity contribution is 0.112. The number of carbonyl (C=O) groups is 1. The first-order valence-corrected chi connectivity index (χ1v) is 3.29. The Morgan fingerprint density at radius 3 is 3.00 bits per heavy atom. The number of aryl methyl sites for hydroxylation is 1. The smallest absolute Gasteiger partial charge is 0.151 e.